The molecule has 2 N–H and O–H groups in total. The summed E-state index contributed by atoms with van der Waals surface area (Å²) >= 11 is 0. The van der Waals surface area contributed by atoms with E-state index in [0.29, 0.717) is 24.3 Å². The van der Waals surface area contributed by atoms with Crippen LogP contribution in [0.2, 0.25) is 0 Å². The molecule has 0 aliphatic rings. The summed E-state index contributed by atoms with van der Waals surface area (Å²) < 4.78 is 27.6. The van der Waals surface area contributed by atoms with Crippen LogP contribution < -0.4 is 10.0 Å². The summed E-state index contributed by atoms with van der Waals surface area (Å²) in [7, 11) is -0.171. The molecular weight excluding hydrogens is 350 g/mol. The van der Waals surface area contributed by atoms with Gasteiger partial charge in [-0.25, -0.2) is 8.42 Å². The largest absolute Gasteiger partial charge is 0.340 e. The normalized spacial score (nSPS) is 11.2. The standard InChI is InChI=1S/C19H25N3O3S/c1-14-5-8-17(13-15(14)2)21-26(24,25)18-9-6-16(7-10-18)19(23)22(4)12-11-20-3/h5-10,13,20-21H,11-12H2,1-4H3. The Kier molecular flexibility index (Phi) is 6.39. The predicted molar refractivity (Wildman–Crippen MR) is 104 cm³/mol. The quantitative estimate of drug-likeness (QED) is 0.779. The van der Waals surface area contributed by atoms with E-state index in [1.807, 2.05) is 27.0 Å². The summed E-state index contributed by atoms with van der Waals surface area (Å²) in [5.74, 6) is -0.147. The highest BCUT2D eigenvalue weighted by Gasteiger charge is 2.17. The summed E-state index contributed by atoms with van der Waals surface area (Å²) in [5, 5.41) is 2.98. The Labute approximate surface area is 155 Å². The van der Waals surface area contributed by atoms with Crippen molar-refractivity contribution in [2.45, 2.75) is 18.7 Å². The van der Waals surface area contributed by atoms with E-state index >= 15 is 0 Å². The Bertz CT molecular complexity index is 877. The molecule has 0 saturated heterocycles. The third-order valence-electron chi connectivity index (χ3n) is 4.21. The van der Waals surface area contributed by atoms with Crippen molar-refractivity contribution in [1.82, 2.24) is 10.2 Å². The van der Waals surface area contributed by atoms with Gasteiger partial charge in [0.2, 0.25) is 0 Å². The minimum Gasteiger partial charge on any atom is -0.340 e. The number of carbonyl (C=O) groups is 1. The maximum absolute atomic E-state index is 12.5. The maximum atomic E-state index is 12.5. The molecule has 0 unspecified atom stereocenters. The molecule has 0 aliphatic heterocycles. The third kappa shape index (κ3) is 4.83. The van der Waals surface area contributed by atoms with E-state index < -0.39 is 10.0 Å². The lowest BCUT2D eigenvalue weighted by Crippen LogP contribution is -2.32. The number of hydrogen-bond donors (Lipinski definition) is 2. The number of nitrogens with zero attached hydrogens (tertiary/aromatic N) is 1. The molecule has 0 spiro atoms. The van der Waals surface area contributed by atoms with Crippen LogP contribution in [0.3, 0.4) is 0 Å². The number of aryl methyl sites for hydroxylation is 2. The first-order chi connectivity index (χ1) is 12.2. The molecule has 0 aliphatic carbocycles. The number of hydrogen-bond acceptors (Lipinski definition) is 4. The summed E-state index contributed by atoms with van der Waals surface area (Å²) in [4.78, 5) is 14.0. The van der Waals surface area contributed by atoms with Crippen molar-refractivity contribution in [3.8, 4) is 0 Å². The van der Waals surface area contributed by atoms with E-state index in [0.717, 1.165) is 11.1 Å². The molecule has 7 heteroatoms. The Morgan fingerprint density at radius 3 is 2.27 bits per heavy atom. The molecule has 0 radical (unpaired) electrons. The Hall–Kier alpha value is -2.38. The second kappa shape index (κ2) is 8.33. The van der Waals surface area contributed by atoms with Crippen molar-refractivity contribution in [3.63, 3.8) is 0 Å². The molecule has 2 aromatic rings. The number of nitrogens with one attached hydrogen (secondary N) is 2. The van der Waals surface area contributed by atoms with Gasteiger partial charge < -0.3 is 10.2 Å². The lowest BCUT2D eigenvalue weighted by Gasteiger charge is -2.17. The number of sulfonamides is 1. The zero-order valence-corrected chi connectivity index (χ0v) is 16.4. The van der Waals surface area contributed by atoms with E-state index in [1.54, 1.807) is 24.1 Å². The molecule has 6 nitrogen and oxygen atoms in total. The topological polar surface area (TPSA) is 78.5 Å². The first kappa shape index (κ1) is 19.9. The first-order valence-electron chi connectivity index (χ1n) is 8.35. The number of anilines is 1. The van der Waals surface area contributed by atoms with Gasteiger partial charge in [-0.15, -0.1) is 0 Å². The van der Waals surface area contributed by atoms with Crippen LogP contribution in [0.15, 0.2) is 47.4 Å². The number of amides is 1. The molecule has 0 atom stereocenters. The first-order valence-corrected chi connectivity index (χ1v) is 9.83. The van der Waals surface area contributed by atoms with Crippen molar-refractivity contribution in [3.05, 3.63) is 59.2 Å². The molecule has 140 valence electrons. The van der Waals surface area contributed by atoms with Crippen LogP contribution in [0.5, 0.6) is 0 Å². The van der Waals surface area contributed by atoms with Gasteiger partial charge in [-0.1, -0.05) is 6.07 Å². The van der Waals surface area contributed by atoms with Gasteiger partial charge >= 0.3 is 0 Å². The minimum atomic E-state index is -3.70. The maximum Gasteiger partial charge on any atom is 0.261 e. The van der Waals surface area contributed by atoms with Crippen LogP contribution in [-0.4, -0.2) is 46.4 Å². The highest BCUT2D eigenvalue weighted by atomic mass is 32.2. The van der Waals surface area contributed by atoms with E-state index in [2.05, 4.69) is 10.0 Å². The van der Waals surface area contributed by atoms with E-state index in [9.17, 15) is 13.2 Å². The lowest BCUT2D eigenvalue weighted by molar-refractivity contribution is 0.0796. The highest BCUT2D eigenvalue weighted by molar-refractivity contribution is 7.92. The van der Waals surface area contributed by atoms with Crippen molar-refractivity contribution < 1.29 is 13.2 Å². The van der Waals surface area contributed by atoms with Gasteiger partial charge in [0.1, 0.15) is 0 Å². The molecule has 0 fully saturated rings. The van der Waals surface area contributed by atoms with Crippen LogP contribution >= 0.6 is 0 Å². The zero-order chi connectivity index (χ0) is 19.3. The van der Waals surface area contributed by atoms with Gasteiger partial charge in [0.25, 0.3) is 15.9 Å². The van der Waals surface area contributed by atoms with Crippen molar-refractivity contribution in [2.75, 3.05) is 31.9 Å². The van der Waals surface area contributed by atoms with Gasteiger partial charge in [0, 0.05) is 31.4 Å². The van der Waals surface area contributed by atoms with Crippen molar-refractivity contribution in [2.24, 2.45) is 0 Å². The van der Waals surface area contributed by atoms with Crippen molar-refractivity contribution in [1.29, 1.82) is 0 Å². The molecule has 1 amide bonds. The van der Waals surface area contributed by atoms with Crippen LogP contribution in [0.25, 0.3) is 0 Å². The fourth-order valence-corrected chi connectivity index (χ4v) is 3.45. The van der Waals surface area contributed by atoms with Crippen LogP contribution in [0, 0.1) is 13.8 Å². The molecule has 2 rings (SSSR count). The number of likely N-dealkylation sites (N-methyl/N-ethyl adjacent to an activating group) is 2. The fourth-order valence-electron chi connectivity index (χ4n) is 2.40. The fraction of sp³-hybridized carbons (Fsp3) is 0.316. The number of carbonyl (C=O) groups excluding carboxylic acids is 1. The number of rotatable bonds is 7. The smallest absolute Gasteiger partial charge is 0.261 e. The highest BCUT2D eigenvalue weighted by Crippen LogP contribution is 2.19. The van der Waals surface area contributed by atoms with Crippen molar-refractivity contribution >= 4 is 21.6 Å². The van der Waals surface area contributed by atoms with Crippen LogP contribution in [0.4, 0.5) is 5.69 Å². The zero-order valence-electron chi connectivity index (χ0n) is 15.5. The minimum absolute atomic E-state index is 0.116. The third-order valence-corrected chi connectivity index (χ3v) is 5.61. The van der Waals surface area contributed by atoms with Gasteiger partial charge in [-0.05, 0) is 68.4 Å². The molecule has 0 saturated carbocycles. The monoisotopic (exact) mass is 375 g/mol. The van der Waals surface area contributed by atoms with Gasteiger partial charge in [0.15, 0.2) is 0 Å². The Morgan fingerprint density at radius 1 is 1.04 bits per heavy atom. The Morgan fingerprint density at radius 2 is 1.69 bits per heavy atom. The van der Waals surface area contributed by atoms with E-state index in [4.69, 9.17) is 0 Å². The summed E-state index contributed by atoms with van der Waals surface area (Å²) in [6.07, 6.45) is 0. The summed E-state index contributed by atoms with van der Waals surface area (Å²) in [6, 6.07) is 11.4. The molecule has 26 heavy (non-hydrogen) atoms. The van der Waals surface area contributed by atoms with Crippen LogP contribution in [-0.2, 0) is 10.0 Å². The van der Waals surface area contributed by atoms with Gasteiger partial charge in [-0.3, -0.25) is 9.52 Å². The van der Waals surface area contributed by atoms with Gasteiger partial charge in [0.05, 0.1) is 4.90 Å². The lowest BCUT2D eigenvalue weighted by atomic mass is 10.1. The van der Waals surface area contributed by atoms with Gasteiger partial charge in [-0.2, -0.15) is 0 Å². The SMILES string of the molecule is CNCCN(C)C(=O)c1ccc(S(=O)(=O)Nc2ccc(C)c(C)c2)cc1. The second-order valence-electron chi connectivity index (χ2n) is 6.26. The number of benzene rings is 2. The van der Waals surface area contributed by atoms with E-state index in [1.165, 1.54) is 24.3 Å². The summed E-state index contributed by atoms with van der Waals surface area (Å²) in [6.45, 7) is 5.16. The molecule has 0 aromatic heterocycles. The predicted octanol–water partition coefficient (Wildman–Crippen LogP) is 2.40. The Balaban J connectivity index is 2.15. The molecule has 2 aromatic carbocycles. The average Bonchev–Trinajstić information content (AvgIpc) is 2.62. The molecule has 0 heterocycles. The second-order valence-corrected chi connectivity index (χ2v) is 7.94. The molecular formula is C19H25N3O3S. The van der Waals surface area contributed by atoms with Crippen LogP contribution in [0.1, 0.15) is 21.5 Å². The average molecular weight is 375 g/mol. The molecule has 0 bridgehead atoms. The van der Waals surface area contributed by atoms with E-state index in [-0.39, 0.29) is 10.8 Å². The summed E-state index contributed by atoms with van der Waals surface area (Å²) in [5.41, 5.74) is 3.07.